The van der Waals surface area contributed by atoms with Gasteiger partial charge < -0.3 is 4.57 Å². The van der Waals surface area contributed by atoms with Crippen LogP contribution in [0.3, 0.4) is 0 Å². The third kappa shape index (κ3) is 2.31. The molecule has 5 aromatic rings. The molecule has 0 aliphatic carbocycles. The Labute approximate surface area is 152 Å². The minimum atomic E-state index is 1.19. The number of nitrogens with zero attached hydrogens (tertiary/aromatic N) is 2. The number of hydrogen-bond donors (Lipinski definition) is 0. The molecule has 2 heterocycles. The molecule has 0 fully saturated rings. The first kappa shape index (κ1) is 14.9. The topological polar surface area (TPSA) is 17.8 Å². The predicted molar refractivity (Wildman–Crippen MR) is 109 cm³/mol. The second kappa shape index (κ2) is 5.85. The molecule has 0 atom stereocenters. The molecule has 124 valence electrons. The first-order valence-corrected chi connectivity index (χ1v) is 8.82. The highest BCUT2D eigenvalue weighted by atomic mass is 15.0. The molecule has 0 unspecified atom stereocenters. The third-order valence-corrected chi connectivity index (χ3v) is 4.91. The van der Waals surface area contributed by atoms with Gasteiger partial charge in [-0.15, -0.1) is 0 Å². The number of aromatic nitrogens is 2. The SMILES string of the molecule is Cc1cc(-c2ccncc2)cc(-n2c3ccccc3c3ccccc32)c1. The quantitative estimate of drug-likeness (QED) is 0.378. The smallest absolute Gasteiger partial charge is 0.0541 e. The van der Waals surface area contributed by atoms with Crippen molar-refractivity contribution in [3.05, 3.63) is 96.8 Å². The van der Waals surface area contributed by atoms with Crippen LogP contribution in [0.1, 0.15) is 5.56 Å². The molecule has 0 saturated heterocycles. The Morgan fingerprint density at radius 3 is 1.92 bits per heavy atom. The molecule has 0 spiro atoms. The molecule has 0 amide bonds. The first-order chi connectivity index (χ1) is 12.8. The van der Waals surface area contributed by atoms with Crippen molar-refractivity contribution in [2.75, 3.05) is 0 Å². The van der Waals surface area contributed by atoms with E-state index in [1.807, 2.05) is 12.4 Å². The van der Waals surface area contributed by atoms with E-state index in [1.54, 1.807) is 0 Å². The number of fused-ring (bicyclic) bond motifs is 3. The van der Waals surface area contributed by atoms with E-state index < -0.39 is 0 Å². The van der Waals surface area contributed by atoms with Crippen molar-refractivity contribution >= 4 is 21.8 Å². The summed E-state index contributed by atoms with van der Waals surface area (Å²) in [6.45, 7) is 2.15. The summed E-state index contributed by atoms with van der Waals surface area (Å²) in [5.74, 6) is 0. The molecule has 0 aliphatic rings. The standard InChI is InChI=1S/C24H18N2/c1-17-14-19(18-10-12-25-13-11-18)16-20(15-17)26-23-8-4-2-6-21(23)22-7-3-5-9-24(22)26/h2-16H,1H3. The van der Waals surface area contributed by atoms with Gasteiger partial charge in [0, 0.05) is 28.9 Å². The lowest BCUT2D eigenvalue weighted by molar-refractivity contribution is 1.17. The van der Waals surface area contributed by atoms with Crippen molar-refractivity contribution in [2.24, 2.45) is 0 Å². The number of aryl methyl sites for hydroxylation is 1. The summed E-state index contributed by atoms with van der Waals surface area (Å²) in [6, 6.07) is 28.1. The van der Waals surface area contributed by atoms with Gasteiger partial charge in [-0.2, -0.15) is 0 Å². The zero-order chi connectivity index (χ0) is 17.5. The van der Waals surface area contributed by atoms with Crippen LogP contribution in [0.15, 0.2) is 91.3 Å². The van der Waals surface area contributed by atoms with Crippen LogP contribution in [-0.2, 0) is 0 Å². The van der Waals surface area contributed by atoms with Crippen LogP contribution in [0, 0.1) is 6.92 Å². The number of pyridine rings is 1. The molecule has 3 aromatic carbocycles. The largest absolute Gasteiger partial charge is 0.309 e. The molecule has 0 bridgehead atoms. The molecule has 0 aliphatic heterocycles. The van der Waals surface area contributed by atoms with Gasteiger partial charge in [0.05, 0.1) is 11.0 Å². The van der Waals surface area contributed by atoms with Crippen molar-refractivity contribution in [3.63, 3.8) is 0 Å². The molecule has 2 heteroatoms. The van der Waals surface area contributed by atoms with E-state index in [2.05, 4.69) is 95.3 Å². The zero-order valence-electron chi connectivity index (χ0n) is 14.6. The van der Waals surface area contributed by atoms with Crippen LogP contribution in [0.5, 0.6) is 0 Å². The van der Waals surface area contributed by atoms with Crippen molar-refractivity contribution in [1.82, 2.24) is 9.55 Å². The third-order valence-electron chi connectivity index (χ3n) is 4.91. The highest BCUT2D eigenvalue weighted by Crippen LogP contribution is 2.33. The summed E-state index contributed by atoms with van der Waals surface area (Å²) >= 11 is 0. The first-order valence-electron chi connectivity index (χ1n) is 8.82. The fraction of sp³-hybridized carbons (Fsp3) is 0.0417. The normalized spacial score (nSPS) is 11.3. The van der Waals surface area contributed by atoms with E-state index in [9.17, 15) is 0 Å². The van der Waals surface area contributed by atoms with Gasteiger partial charge in [-0.1, -0.05) is 42.5 Å². The maximum absolute atomic E-state index is 4.14. The highest BCUT2D eigenvalue weighted by Gasteiger charge is 2.12. The summed E-state index contributed by atoms with van der Waals surface area (Å²) in [5, 5.41) is 2.57. The van der Waals surface area contributed by atoms with Gasteiger partial charge in [0.15, 0.2) is 0 Å². The van der Waals surface area contributed by atoms with Crippen molar-refractivity contribution in [3.8, 4) is 16.8 Å². The molecule has 2 nitrogen and oxygen atoms in total. The summed E-state index contributed by atoms with van der Waals surface area (Å²) < 4.78 is 2.36. The van der Waals surface area contributed by atoms with E-state index in [1.165, 1.54) is 44.2 Å². The van der Waals surface area contributed by atoms with Gasteiger partial charge in [-0.3, -0.25) is 4.98 Å². The highest BCUT2D eigenvalue weighted by molar-refractivity contribution is 6.09. The zero-order valence-corrected chi connectivity index (χ0v) is 14.6. The molecule has 26 heavy (non-hydrogen) atoms. The van der Waals surface area contributed by atoms with E-state index in [0.29, 0.717) is 0 Å². The number of para-hydroxylation sites is 2. The van der Waals surface area contributed by atoms with E-state index in [-0.39, 0.29) is 0 Å². The fourth-order valence-corrected chi connectivity index (χ4v) is 3.80. The van der Waals surface area contributed by atoms with Crippen LogP contribution in [-0.4, -0.2) is 9.55 Å². The van der Waals surface area contributed by atoms with Crippen LogP contribution in [0.4, 0.5) is 0 Å². The van der Waals surface area contributed by atoms with Crippen LogP contribution in [0.2, 0.25) is 0 Å². The molecular weight excluding hydrogens is 316 g/mol. The van der Waals surface area contributed by atoms with Crippen molar-refractivity contribution in [2.45, 2.75) is 6.92 Å². The molecule has 0 radical (unpaired) electrons. The minimum Gasteiger partial charge on any atom is -0.309 e. The number of hydrogen-bond acceptors (Lipinski definition) is 1. The Balaban J connectivity index is 1.84. The van der Waals surface area contributed by atoms with E-state index in [0.717, 1.165) is 0 Å². The average Bonchev–Trinajstić information content (AvgIpc) is 3.03. The Bertz CT molecular complexity index is 1180. The molecule has 2 aromatic heterocycles. The van der Waals surface area contributed by atoms with E-state index in [4.69, 9.17) is 0 Å². The van der Waals surface area contributed by atoms with Crippen molar-refractivity contribution < 1.29 is 0 Å². The summed E-state index contributed by atoms with van der Waals surface area (Å²) in [4.78, 5) is 4.14. The Kier molecular flexibility index (Phi) is 3.36. The monoisotopic (exact) mass is 334 g/mol. The average molecular weight is 334 g/mol. The lowest BCUT2D eigenvalue weighted by Gasteiger charge is -2.12. The lowest BCUT2D eigenvalue weighted by atomic mass is 10.0. The van der Waals surface area contributed by atoms with Gasteiger partial charge in [0.1, 0.15) is 0 Å². The maximum atomic E-state index is 4.14. The van der Waals surface area contributed by atoms with E-state index >= 15 is 0 Å². The van der Waals surface area contributed by atoms with Crippen LogP contribution < -0.4 is 0 Å². The minimum absolute atomic E-state index is 1.19. The summed E-state index contributed by atoms with van der Waals surface area (Å²) in [6.07, 6.45) is 3.69. The van der Waals surface area contributed by atoms with Gasteiger partial charge in [-0.25, -0.2) is 0 Å². The van der Waals surface area contributed by atoms with Gasteiger partial charge in [0.2, 0.25) is 0 Å². The maximum Gasteiger partial charge on any atom is 0.0541 e. The van der Waals surface area contributed by atoms with Gasteiger partial charge in [0.25, 0.3) is 0 Å². The predicted octanol–water partition coefficient (Wildman–Crippen LogP) is 6.15. The second-order valence-corrected chi connectivity index (χ2v) is 6.66. The molecular formula is C24H18N2. The molecule has 5 rings (SSSR count). The second-order valence-electron chi connectivity index (χ2n) is 6.66. The summed E-state index contributed by atoms with van der Waals surface area (Å²) in [7, 11) is 0. The van der Waals surface area contributed by atoms with Crippen LogP contribution >= 0.6 is 0 Å². The van der Waals surface area contributed by atoms with Gasteiger partial charge in [-0.05, 0) is 60.0 Å². The summed E-state index contributed by atoms with van der Waals surface area (Å²) in [5.41, 5.74) is 7.31. The fourth-order valence-electron chi connectivity index (χ4n) is 3.80. The lowest BCUT2D eigenvalue weighted by Crippen LogP contribution is -1.95. The van der Waals surface area contributed by atoms with Crippen molar-refractivity contribution in [1.29, 1.82) is 0 Å². The Morgan fingerprint density at radius 2 is 1.27 bits per heavy atom. The number of benzene rings is 3. The Hall–Kier alpha value is -3.39. The Morgan fingerprint density at radius 1 is 0.654 bits per heavy atom. The molecule has 0 saturated carbocycles. The van der Waals surface area contributed by atoms with Gasteiger partial charge >= 0.3 is 0 Å². The molecule has 0 N–H and O–H groups in total. The van der Waals surface area contributed by atoms with Crippen LogP contribution in [0.25, 0.3) is 38.6 Å². The number of rotatable bonds is 2.